The van der Waals surface area contributed by atoms with Crippen LogP contribution >= 0.6 is 15.9 Å². The van der Waals surface area contributed by atoms with Gasteiger partial charge in [-0.2, -0.15) is 4.31 Å². The van der Waals surface area contributed by atoms with E-state index in [0.717, 1.165) is 6.07 Å². The summed E-state index contributed by atoms with van der Waals surface area (Å²) >= 11 is 2.88. The Morgan fingerprint density at radius 1 is 1.26 bits per heavy atom. The molecule has 152 valence electrons. The summed E-state index contributed by atoms with van der Waals surface area (Å²) in [7, 11) is -4.06. The number of alkyl carbamates (subject to hydrolysis) is 1. The van der Waals surface area contributed by atoms with E-state index in [9.17, 15) is 22.0 Å². The molecule has 0 bridgehead atoms. The molecule has 1 fully saturated rings. The Kier molecular flexibility index (Phi) is 6.86. The van der Waals surface area contributed by atoms with Crippen molar-refractivity contribution >= 4 is 32.0 Å². The predicted molar refractivity (Wildman–Crippen MR) is 99.8 cm³/mol. The van der Waals surface area contributed by atoms with Crippen molar-refractivity contribution in [3.05, 3.63) is 28.2 Å². The van der Waals surface area contributed by atoms with Crippen LogP contribution in [0.3, 0.4) is 0 Å². The number of sulfonamides is 1. The van der Waals surface area contributed by atoms with Gasteiger partial charge < -0.3 is 10.1 Å². The van der Waals surface area contributed by atoms with Gasteiger partial charge in [0.05, 0.1) is 4.47 Å². The third kappa shape index (κ3) is 5.86. The number of carbonyl (C=O) groups is 1. The molecule has 0 unspecified atom stereocenters. The van der Waals surface area contributed by atoms with Crippen LogP contribution < -0.4 is 5.32 Å². The number of halogens is 3. The zero-order chi connectivity index (χ0) is 20.4. The van der Waals surface area contributed by atoms with Crippen molar-refractivity contribution in [1.82, 2.24) is 9.62 Å². The molecule has 1 N–H and O–H groups in total. The fraction of sp³-hybridized carbons (Fsp3) is 0.588. The number of nitrogens with zero attached hydrogens (tertiary/aromatic N) is 1. The van der Waals surface area contributed by atoms with Gasteiger partial charge in [-0.15, -0.1) is 0 Å². The number of piperidine rings is 1. The van der Waals surface area contributed by atoms with Crippen LogP contribution in [0.15, 0.2) is 21.5 Å². The van der Waals surface area contributed by atoms with E-state index in [2.05, 4.69) is 21.2 Å². The molecule has 6 nitrogen and oxygen atoms in total. The van der Waals surface area contributed by atoms with Crippen LogP contribution in [0.5, 0.6) is 0 Å². The van der Waals surface area contributed by atoms with Gasteiger partial charge in [0, 0.05) is 25.7 Å². The van der Waals surface area contributed by atoms with Gasteiger partial charge >= 0.3 is 6.09 Å². The summed E-state index contributed by atoms with van der Waals surface area (Å²) < 4.78 is 58.9. The van der Waals surface area contributed by atoms with E-state index in [-0.39, 0.29) is 23.5 Å². The number of amides is 1. The molecule has 1 aliphatic rings. The highest BCUT2D eigenvalue weighted by molar-refractivity contribution is 9.10. The minimum absolute atomic E-state index is 0.0915. The lowest BCUT2D eigenvalue weighted by molar-refractivity contribution is 0.0513. The maximum absolute atomic E-state index is 14.0. The third-order valence-corrected chi connectivity index (χ3v) is 6.62. The molecule has 0 atom stereocenters. The van der Waals surface area contributed by atoms with Crippen molar-refractivity contribution in [2.45, 2.75) is 44.1 Å². The van der Waals surface area contributed by atoms with Crippen molar-refractivity contribution in [3.63, 3.8) is 0 Å². The molecule has 1 heterocycles. The Hall–Kier alpha value is -1.26. The van der Waals surface area contributed by atoms with Gasteiger partial charge in [-0.25, -0.2) is 22.0 Å². The van der Waals surface area contributed by atoms with Crippen LogP contribution in [-0.4, -0.2) is 44.1 Å². The molecule has 27 heavy (non-hydrogen) atoms. The van der Waals surface area contributed by atoms with Gasteiger partial charge in [0.15, 0.2) is 0 Å². The third-order valence-electron chi connectivity index (χ3n) is 4.10. The largest absolute Gasteiger partial charge is 0.444 e. The minimum Gasteiger partial charge on any atom is -0.444 e. The van der Waals surface area contributed by atoms with E-state index in [4.69, 9.17) is 4.74 Å². The fourth-order valence-electron chi connectivity index (χ4n) is 2.74. The summed E-state index contributed by atoms with van der Waals surface area (Å²) in [5, 5.41) is 2.68. The lowest BCUT2D eigenvalue weighted by atomic mass is 9.98. The summed E-state index contributed by atoms with van der Waals surface area (Å²) in [6.07, 6.45) is 0.508. The molecule has 0 radical (unpaired) electrons. The quantitative estimate of drug-likeness (QED) is 0.684. The van der Waals surface area contributed by atoms with E-state index < -0.39 is 38.2 Å². The second-order valence-electron chi connectivity index (χ2n) is 7.43. The Morgan fingerprint density at radius 3 is 2.41 bits per heavy atom. The first-order valence-corrected chi connectivity index (χ1v) is 10.7. The van der Waals surface area contributed by atoms with Crippen LogP contribution in [0.2, 0.25) is 0 Å². The summed E-state index contributed by atoms with van der Waals surface area (Å²) in [6.45, 7) is 6.06. The van der Waals surface area contributed by atoms with Crippen molar-refractivity contribution in [2.24, 2.45) is 5.92 Å². The van der Waals surface area contributed by atoms with Crippen LogP contribution in [0.25, 0.3) is 0 Å². The zero-order valence-electron chi connectivity index (χ0n) is 15.4. The smallest absolute Gasteiger partial charge is 0.407 e. The summed E-state index contributed by atoms with van der Waals surface area (Å²) in [6, 6.07) is 1.49. The van der Waals surface area contributed by atoms with Gasteiger partial charge in [-0.3, -0.25) is 0 Å². The Labute approximate surface area is 166 Å². The second kappa shape index (κ2) is 8.40. The molecule has 10 heteroatoms. The first-order valence-electron chi connectivity index (χ1n) is 8.51. The van der Waals surface area contributed by atoms with Crippen LogP contribution in [0, 0.1) is 17.6 Å². The summed E-state index contributed by atoms with van der Waals surface area (Å²) in [5.41, 5.74) is -0.588. The highest BCUT2D eigenvalue weighted by Gasteiger charge is 2.32. The number of hydrogen-bond donors (Lipinski definition) is 1. The number of hydrogen-bond acceptors (Lipinski definition) is 4. The average molecular weight is 469 g/mol. The van der Waals surface area contributed by atoms with Gasteiger partial charge in [0.25, 0.3) is 0 Å². The molecule has 0 aliphatic carbocycles. The highest BCUT2D eigenvalue weighted by atomic mass is 79.9. The van der Waals surface area contributed by atoms with Crippen molar-refractivity contribution in [1.29, 1.82) is 0 Å². The lowest BCUT2D eigenvalue weighted by Gasteiger charge is -2.31. The molecular formula is C17H23BrF2N2O4S. The number of benzene rings is 1. The normalized spacial score (nSPS) is 17.0. The van der Waals surface area contributed by atoms with Crippen LogP contribution in [0.4, 0.5) is 13.6 Å². The van der Waals surface area contributed by atoms with E-state index in [1.54, 1.807) is 20.8 Å². The number of ether oxygens (including phenoxy) is 1. The molecule has 1 aromatic carbocycles. The van der Waals surface area contributed by atoms with E-state index in [1.807, 2.05) is 0 Å². The van der Waals surface area contributed by atoms with E-state index >= 15 is 0 Å². The molecule has 0 saturated carbocycles. The molecule has 2 rings (SSSR count). The highest BCUT2D eigenvalue weighted by Crippen LogP contribution is 2.28. The lowest BCUT2D eigenvalue weighted by Crippen LogP contribution is -2.42. The molecule has 1 saturated heterocycles. The maximum Gasteiger partial charge on any atom is 0.407 e. The molecule has 1 aromatic rings. The molecule has 0 aromatic heterocycles. The topological polar surface area (TPSA) is 75.7 Å². The first-order chi connectivity index (χ1) is 12.4. The SMILES string of the molecule is CC(C)(C)OC(=O)NCC1CCN(S(=O)(=O)c2cc(Br)c(F)cc2F)CC1. The average Bonchev–Trinajstić information content (AvgIpc) is 2.55. The summed E-state index contributed by atoms with van der Waals surface area (Å²) in [4.78, 5) is 11.1. The Balaban J connectivity index is 1.95. The molecule has 1 aliphatic heterocycles. The predicted octanol–water partition coefficient (Wildman–Crippen LogP) is 3.65. The standard InChI is InChI=1S/C17H23BrF2N2O4S/c1-17(2,3)26-16(23)21-10-11-4-6-22(7-5-11)27(24,25)15-8-12(18)13(19)9-14(15)20/h8-9,11H,4-7,10H2,1-3H3,(H,21,23). The van der Waals surface area contributed by atoms with Gasteiger partial charge in [-0.05, 0) is 61.5 Å². The van der Waals surface area contributed by atoms with E-state index in [0.29, 0.717) is 25.5 Å². The zero-order valence-corrected chi connectivity index (χ0v) is 17.8. The van der Waals surface area contributed by atoms with Gasteiger partial charge in [-0.1, -0.05) is 0 Å². The van der Waals surface area contributed by atoms with Crippen molar-refractivity contribution in [2.75, 3.05) is 19.6 Å². The van der Waals surface area contributed by atoms with Crippen molar-refractivity contribution < 1.29 is 26.7 Å². The van der Waals surface area contributed by atoms with E-state index in [1.165, 1.54) is 4.31 Å². The van der Waals surface area contributed by atoms with Crippen LogP contribution in [-0.2, 0) is 14.8 Å². The van der Waals surface area contributed by atoms with Gasteiger partial charge in [0.2, 0.25) is 10.0 Å². The minimum atomic E-state index is -4.06. The first kappa shape index (κ1) is 22.0. The monoisotopic (exact) mass is 468 g/mol. The number of rotatable bonds is 4. The molecular weight excluding hydrogens is 446 g/mol. The molecule has 1 amide bonds. The second-order valence-corrected chi connectivity index (χ2v) is 10.2. The molecule has 0 spiro atoms. The van der Waals surface area contributed by atoms with Crippen LogP contribution in [0.1, 0.15) is 33.6 Å². The summed E-state index contributed by atoms with van der Waals surface area (Å²) in [5.74, 6) is -1.89. The van der Waals surface area contributed by atoms with Gasteiger partial charge in [0.1, 0.15) is 22.1 Å². The number of nitrogens with one attached hydrogen (secondary N) is 1. The Bertz CT molecular complexity index is 804. The number of carbonyl (C=O) groups excluding carboxylic acids is 1. The van der Waals surface area contributed by atoms with Crippen molar-refractivity contribution in [3.8, 4) is 0 Å². The maximum atomic E-state index is 14.0. The fourth-order valence-corrected chi connectivity index (χ4v) is 4.77. The Morgan fingerprint density at radius 2 is 1.85 bits per heavy atom.